The van der Waals surface area contributed by atoms with Crippen LogP contribution in [0.1, 0.15) is 108 Å². The van der Waals surface area contributed by atoms with Gasteiger partial charge in [-0.25, -0.2) is 0 Å². The van der Waals surface area contributed by atoms with Crippen molar-refractivity contribution in [2.24, 2.45) is 11.8 Å². The summed E-state index contributed by atoms with van der Waals surface area (Å²) in [7, 11) is 0. The summed E-state index contributed by atoms with van der Waals surface area (Å²) < 4.78 is 5.54. The van der Waals surface area contributed by atoms with Crippen LogP contribution in [0.3, 0.4) is 0 Å². The summed E-state index contributed by atoms with van der Waals surface area (Å²) in [6, 6.07) is 7.70. The molecule has 0 radical (unpaired) electrons. The molecule has 15 heteroatoms. The molecule has 2 heterocycles. The summed E-state index contributed by atoms with van der Waals surface area (Å²) in [4.78, 5) is 68.1. The molecule has 0 saturated carbocycles. The lowest BCUT2D eigenvalue weighted by Crippen LogP contribution is -2.49. The van der Waals surface area contributed by atoms with Crippen LogP contribution in [-0.4, -0.2) is 73.9 Å². The van der Waals surface area contributed by atoms with Gasteiger partial charge in [0.15, 0.2) is 0 Å². The van der Waals surface area contributed by atoms with Gasteiger partial charge in [0, 0.05) is 41.7 Å². The maximum Gasteiger partial charge on any atom is 0.286 e. The van der Waals surface area contributed by atoms with Gasteiger partial charge in [0.2, 0.25) is 29.4 Å². The predicted molar refractivity (Wildman–Crippen MR) is 195 cm³/mol. The highest BCUT2D eigenvalue weighted by Gasteiger charge is 2.30. The molecule has 14 nitrogen and oxygen atoms in total. The van der Waals surface area contributed by atoms with Crippen LogP contribution in [0, 0.1) is 11.8 Å². The molecule has 4 amide bonds. The van der Waals surface area contributed by atoms with Gasteiger partial charge >= 0.3 is 0 Å². The number of nitrogens with zero attached hydrogens (tertiary/aromatic N) is 3. The number of amides is 4. The normalized spacial score (nSPS) is 12.6. The van der Waals surface area contributed by atoms with E-state index in [0.717, 1.165) is 0 Å². The van der Waals surface area contributed by atoms with Crippen molar-refractivity contribution >= 4 is 41.0 Å². The first-order chi connectivity index (χ1) is 24.6. The molecule has 3 rings (SSSR count). The highest BCUT2D eigenvalue weighted by Crippen LogP contribution is 2.23. The van der Waals surface area contributed by atoms with Crippen molar-refractivity contribution in [3.63, 3.8) is 0 Å². The van der Waals surface area contributed by atoms with E-state index in [-0.39, 0.29) is 71.5 Å². The number of phenolic OH excluding ortho intramolecular Hbond substituents is 1. The van der Waals surface area contributed by atoms with E-state index in [1.165, 1.54) is 24.4 Å². The number of phenols is 1. The standard InChI is InChI=1S/C37H50ClN7O7/c1-22(2)30(32(49)36-45-44-35(52-36)24-12-11-13-26(46)20-24)41-28(47)15-8-10-18-40-34(51)31(23(3)4)42-29(48)14-7-9-17-37(5,6)43-33(50)27-21-25(38)16-19-39-27/h11-13,16,19-23,30-31,46H,7-10,14-15,17-18H2,1-6H3,(H,40,51)(H,41,47)(H,42,48)(H,43,50). The second kappa shape index (κ2) is 19.7. The van der Waals surface area contributed by atoms with E-state index < -0.39 is 23.4 Å². The Kier molecular flexibility index (Phi) is 15.7. The van der Waals surface area contributed by atoms with E-state index in [9.17, 15) is 29.1 Å². The summed E-state index contributed by atoms with van der Waals surface area (Å²) in [6.07, 6.45) is 4.69. The molecule has 0 aliphatic carbocycles. The number of halogens is 1. The molecule has 2 aromatic heterocycles. The number of benzene rings is 1. The summed E-state index contributed by atoms with van der Waals surface area (Å²) in [5.41, 5.74) is 0.161. The number of nitrogens with one attached hydrogen (secondary N) is 4. The number of hydrogen-bond donors (Lipinski definition) is 5. The summed E-state index contributed by atoms with van der Waals surface area (Å²) in [5, 5.41) is 29.3. The summed E-state index contributed by atoms with van der Waals surface area (Å²) in [5.74, 6) is -2.28. The highest BCUT2D eigenvalue weighted by molar-refractivity contribution is 6.30. The van der Waals surface area contributed by atoms with Gasteiger partial charge in [0.25, 0.3) is 11.8 Å². The molecular weight excluding hydrogens is 690 g/mol. The largest absolute Gasteiger partial charge is 0.508 e. The SMILES string of the molecule is CC(C)C(NC(=O)CCCCC(C)(C)NC(=O)c1cc(Cl)ccn1)C(=O)NCCCCC(=O)NC(C(=O)c1nnc(-c2cccc(O)c2)o1)C(C)C. The quantitative estimate of drug-likeness (QED) is 0.0774. The average Bonchev–Trinajstić information content (AvgIpc) is 3.58. The van der Waals surface area contributed by atoms with Gasteiger partial charge in [-0.2, -0.15) is 0 Å². The number of pyridine rings is 1. The molecule has 2 atom stereocenters. The van der Waals surface area contributed by atoms with Crippen molar-refractivity contribution in [3.05, 3.63) is 59.2 Å². The van der Waals surface area contributed by atoms with Crippen LogP contribution >= 0.6 is 11.6 Å². The van der Waals surface area contributed by atoms with Crippen molar-refractivity contribution in [1.82, 2.24) is 36.4 Å². The number of ketones is 1. The molecule has 2 unspecified atom stereocenters. The topological polar surface area (TPSA) is 206 Å². The zero-order valence-corrected chi connectivity index (χ0v) is 31.4. The molecule has 0 spiro atoms. The third-order valence-electron chi connectivity index (χ3n) is 8.25. The third-order valence-corrected chi connectivity index (χ3v) is 8.49. The second-order valence-corrected chi connectivity index (χ2v) is 14.5. The van der Waals surface area contributed by atoms with E-state index in [2.05, 4.69) is 36.4 Å². The molecule has 0 aliphatic rings. The monoisotopic (exact) mass is 739 g/mol. The molecule has 52 heavy (non-hydrogen) atoms. The number of carbonyl (C=O) groups excluding carboxylic acids is 5. The van der Waals surface area contributed by atoms with E-state index in [1.807, 2.05) is 27.7 Å². The third kappa shape index (κ3) is 13.4. The number of aromatic nitrogens is 3. The molecular formula is C37H50ClN7O7. The van der Waals surface area contributed by atoms with Crippen LogP contribution in [0.25, 0.3) is 11.5 Å². The number of rotatable bonds is 20. The van der Waals surface area contributed by atoms with Crippen molar-refractivity contribution in [2.45, 2.75) is 104 Å². The number of unbranched alkanes of at least 4 members (excludes halogenated alkanes) is 2. The molecule has 0 fully saturated rings. The Bertz CT molecular complexity index is 1690. The van der Waals surface area contributed by atoms with Crippen LogP contribution in [0.5, 0.6) is 5.75 Å². The van der Waals surface area contributed by atoms with Crippen LogP contribution in [-0.2, 0) is 14.4 Å². The molecule has 1 aromatic carbocycles. The van der Waals surface area contributed by atoms with Crippen LogP contribution < -0.4 is 21.3 Å². The van der Waals surface area contributed by atoms with Crippen molar-refractivity contribution < 1.29 is 33.5 Å². The highest BCUT2D eigenvalue weighted by atomic mass is 35.5. The lowest BCUT2D eigenvalue weighted by molar-refractivity contribution is -0.130. The smallest absolute Gasteiger partial charge is 0.286 e. The fraction of sp³-hybridized carbons (Fsp3) is 0.514. The Balaban J connectivity index is 1.36. The first-order valence-electron chi connectivity index (χ1n) is 17.5. The first kappa shape index (κ1) is 41.6. The van der Waals surface area contributed by atoms with Gasteiger partial charge in [-0.1, -0.05) is 51.8 Å². The molecule has 3 aromatic rings. The Morgan fingerprint density at radius 2 is 1.52 bits per heavy atom. The molecule has 0 aliphatic heterocycles. The van der Waals surface area contributed by atoms with Crippen molar-refractivity contribution in [1.29, 1.82) is 0 Å². The fourth-order valence-corrected chi connectivity index (χ4v) is 5.48. The van der Waals surface area contributed by atoms with Crippen LogP contribution in [0.4, 0.5) is 0 Å². The maximum atomic E-state index is 13.1. The van der Waals surface area contributed by atoms with Gasteiger partial charge in [-0.3, -0.25) is 29.0 Å². The van der Waals surface area contributed by atoms with Crippen LogP contribution in [0.15, 0.2) is 47.0 Å². The van der Waals surface area contributed by atoms with E-state index in [1.54, 1.807) is 32.0 Å². The zero-order chi connectivity index (χ0) is 38.4. The average molecular weight is 740 g/mol. The minimum atomic E-state index is -0.885. The first-order valence-corrected chi connectivity index (χ1v) is 17.9. The van der Waals surface area contributed by atoms with Crippen LogP contribution in [0.2, 0.25) is 5.02 Å². The zero-order valence-electron chi connectivity index (χ0n) is 30.6. The fourth-order valence-electron chi connectivity index (χ4n) is 5.32. The van der Waals surface area contributed by atoms with E-state index in [0.29, 0.717) is 49.2 Å². The molecule has 282 valence electrons. The Morgan fingerprint density at radius 1 is 0.865 bits per heavy atom. The summed E-state index contributed by atoms with van der Waals surface area (Å²) in [6.45, 7) is 11.4. The summed E-state index contributed by atoms with van der Waals surface area (Å²) >= 11 is 5.96. The predicted octanol–water partition coefficient (Wildman–Crippen LogP) is 5.01. The van der Waals surface area contributed by atoms with Gasteiger partial charge in [-0.15, -0.1) is 10.2 Å². The van der Waals surface area contributed by atoms with Gasteiger partial charge in [-0.05, 0) is 81.7 Å². The number of hydrogen-bond acceptors (Lipinski definition) is 10. The molecule has 0 bridgehead atoms. The Morgan fingerprint density at radius 3 is 2.15 bits per heavy atom. The maximum absolute atomic E-state index is 13.1. The Labute approximate surface area is 309 Å². The van der Waals surface area contributed by atoms with Gasteiger partial charge in [0.1, 0.15) is 17.5 Å². The van der Waals surface area contributed by atoms with Crippen molar-refractivity contribution in [2.75, 3.05) is 6.54 Å². The number of Topliss-reactive ketones (excluding diaryl/α,β-unsaturated/α-hetero) is 1. The number of aromatic hydroxyl groups is 1. The number of carbonyl (C=O) groups is 5. The second-order valence-electron chi connectivity index (χ2n) is 14.1. The lowest BCUT2D eigenvalue weighted by Gasteiger charge is -2.26. The molecule has 0 saturated heterocycles. The van der Waals surface area contributed by atoms with Crippen molar-refractivity contribution in [3.8, 4) is 17.2 Å². The van der Waals surface area contributed by atoms with Gasteiger partial charge in [0.05, 0.1) is 6.04 Å². The van der Waals surface area contributed by atoms with E-state index >= 15 is 0 Å². The minimum absolute atomic E-state index is 0.0135. The molecule has 5 N–H and O–H groups in total. The van der Waals surface area contributed by atoms with Gasteiger partial charge < -0.3 is 30.8 Å². The van der Waals surface area contributed by atoms with E-state index in [4.69, 9.17) is 16.0 Å². The minimum Gasteiger partial charge on any atom is -0.508 e. The lowest BCUT2D eigenvalue weighted by atomic mass is 9.96. The Hall–Kier alpha value is -4.85.